The van der Waals surface area contributed by atoms with Gasteiger partial charge in [0, 0.05) is 11.6 Å². The highest BCUT2D eigenvalue weighted by molar-refractivity contribution is 5.70. The van der Waals surface area contributed by atoms with Crippen LogP contribution in [0, 0.1) is 26.6 Å². The Balaban J connectivity index is 2.60. The predicted octanol–water partition coefficient (Wildman–Crippen LogP) is 4.70. The number of benzene rings is 2. The van der Waals surface area contributed by atoms with Crippen molar-refractivity contribution in [3.8, 4) is 11.1 Å². The zero-order chi connectivity index (χ0) is 14.9. The van der Waals surface area contributed by atoms with Gasteiger partial charge in [0.05, 0.1) is 0 Å². The molecular formula is C18H22FN. The minimum atomic E-state index is -0.164. The van der Waals surface area contributed by atoms with E-state index < -0.39 is 0 Å². The molecule has 0 radical (unpaired) electrons. The van der Waals surface area contributed by atoms with E-state index in [2.05, 4.69) is 38.2 Å². The van der Waals surface area contributed by atoms with Crippen LogP contribution in [0.1, 0.15) is 35.2 Å². The Morgan fingerprint density at radius 2 is 1.55 bits per heavy atom. The van der Waals surface area contributed by atoms with Gasteiger partial charge in [-0.2, -0.15) is 0 Å². The summed E-state index contributed by atoms with van der Waals surface area (Å²) < 4.78 is 14.2. The second-order valence-electron chi connectivity index (χ2n) is 5.50. The van der Waals surface area contributed by atoms with E-state index in [0.29, 0.717) is 5.56 Å². The molecule has 20 heavy (non-hydrogen) atoms. The molecule has 0 aliphatic rings. The number of halogens is 1. The van der Waals surface area contributed by atoms with Gasteiger partial charge in [0.1, 0.15) is 5.82 Å². The Hall–Kier alpha value is -1.67. The van der Waals surface area contributed by atoms with Crippen LogP contribution in [-0.4, -0.2) is 7.05 Å². The lowest BCUT2D eigenvalue weighted by Gasteiger charge is -2.15. The molecule has 0 amide bonds. The fourth-order valence-electron chi connectivity index (χ4n) is 2.44. The van der Waals surface area contributed by atoms with Gasteiger partial charge in [-0.25, -0.2) is 4.39 Å². The molecule has 0 saturated carbocycles. The lowest BCUT2D eigenvalue weighted by Crippen LogP contribution is -2.12. The van der Waals surface area contributed by atoms with Crippen LogP contribution in [0.15, 0.2) is 30.3 Å². The number of hydrogen-bond donors (Lipinski definition) is 1. The van der Waals surface area contributed by atoms with Gasteiger partial charge in [-0.1, -0.05) is 18.2 Å². The summed E-state index contributed by atoms with van der Waals surface area (Å²) in [6, 6.07) is 9.77. The largest absolute Gasteiger partial charge is 0.313 e. The number of aryl methyl sites for hydroxylation is 3. The first kappa shape index (κ1) is 14.7. The Morgan fingerprint density at radius 3 is 2.20 bits per heavy atom. The molecular weight excluding hydrogens is 249 g/mol. The summed E-state index contributed by atoms with van der Waals surface area (Å²) in [5.41, 5.74) is 6.31. The van der Waals surface area contributed by atoms with Crippen molar-refractivity contribution >= 4 is 0 Å². The lowest BCUT2D eigenvalue weighted by atomic mass is 9.93. The minimum absolute atomic E-state index is 0.164. The van der Waals surface area contributed by atoms with Crippen molar-refractivity contribution in [2.24, 2.45) is 0 Å². The summed E-state index contributed by atoms with van der Waals surface area (Å²) in [6.07, 6.45) is 0. The monoisotopic (exact) mass is 271 g/mol. The topological polar surface area (TPSA) is 12.0 Å². The molecule has 0 heterocycles. The molecule has 0 bridgehead atoms. The van der Waals surface area contributed by atoms with Crippen molar-refractivity contribution in [3.05, 3.63) is 58.4 Å². The molecule has 1 atom stereocenters. The molecule has 2 aromatic rings. The van der Waals surface area contributed by atoms with Gasteiger partial charge in [-0.3, -0.25) is 0 Å². The maximum Gasteiger partial charge on any atom is 0.131 e. The van der Waals surface area contributed by atoms with E-state index in [4.69, 9.17) is 0 Å². The summed E-state index contributed by atoms with van der Waals surface area (Å²) in [5.74, 6) is -0.164. The predicted molar refractivity (Wildman–Crippen MR) is 83.5 cm³/mol. The van der Waals surface area contributed by atoms with Gasteiger partial charge in [0.25, 0.3) is 0 Å². The molecule has 0 saturated heterocycles. The zero-order valence-corrected chi connectivity index (χ0v) is 12.8. The highest BCUT2D eigenvalue weighted by Crippen LogP contribution is 2.30. The van der Waals surface area contributed by atoms with Crippen LogP contribution in [0.5, 0.6) is 0 Å². The summed E-state index contributed by atoms with van der Waals surface area (Å²) in [7, 11) is 1.91. The molecule has 0 aromatic heterocycles. The normalized spacial score (nSPS) is 12.5. The molecule has 1 unspecified atom stereocenters. The zero-order valence-electron chi connectivity index (χ0n) is 12.8. The smallest absolute Gasteiger partial charge is 0.131 e. The summed E-state index contributed by atoms with van der Waals surface area (Å²) in [4.78, 5) is 0. The molecule has 2 aromatic carbocycles. The summed E-state index contributed by atoms with van der Waals surface area (Å²) in [5, 5.41) is 3.19. The van der Waals surface area contributed by atoms with Crippen LogP contribution in [0.2, 0.25) is 0 Å². The quantitative estimate of drug-likeness (QED) is 0.853. The Kier molecular flexibility index (Phi) is 4.24. The third kappa shape index (κ3) is 2.75. The maximum absolute atomic E-state index is 14.2. The van der Waals surface area contributed by atoms with Crippen molar-refractivity contribution in [2.45, 2.75) is 33.7 Å². The molecule has 1 N–H and O–H groups in total. The third-order valence-corrected chi connectivity index (χ3v) is 4.05. The molecule has 106 valence electrons. The minimum Gasteiger partial charge on any atom is -0.313 e. The Bertz CT molecular complexity index is 632. The molecule has 2 heteroatoms. The highest BCUT2D eigenvalue weighted by Gasteiger charge is 2.12. The number of rotatable bonds is 3. The van der Waals surface area contributed by atoms with Crippen LogP contribution in [-0.2, 0) is 0 Å². The van der Waals surface area contributed by atoms with Crippen molar-refractivity contribution in [2.75, 3.05) is 7.05 Å². The molecule has 1 nitrogen and oxygen atoms in total. The van der Waals surface area contributed by atoms with Crippen LogP contribution in [0.25, 0.3) is 11.1 Å². The Labute approximate surface area is 120 Å². The van der Waals surface area contributed by atoms with Crippen molar-refractivity contribution in [1.82, 2.24) is 5.32 Å². The molecule has 0 aliphatic heterocycles. The second kappa shape index (κ2) is 5.76. The van der Waals surface area contributed by atoms with Crippen molar-refractivity contribution in [1.29, 1.82) is 0 Å². The van der Waals surface area contributed by atoms with E-state index in [1.807, 2.05) is 26.1 Å². The second-order valence-corrected chi connectivity index (χ2v) is 5.50. The lowest BCUT2D eigenvalue weighted by molar-refractivity contribution is 0.622. The standard InChI is InChI=1S/C18H22FN/c1-11-8-13(3)16(9-12(11)2)17-10-15(14(4)20-5)6-7-18(17)19/h6-10,14,20H,1-5H3. The maximum atomic E-state index is 14.2. The third-order valence-electron chi connectivity index (χ3n) is 4.05. The molecule has 2 rings (SSSR count). The van der Waals surface area contributed by atoms with Crippen LogP contribution in [0.3, 0.4) is 0 Å². The van der Waals surface area contributed by atoms with E-state index in [1.54, 1.807) is 6.07 Å². The van der Waals surface area contributed by atoms with E-state index in [9.17, 15) is 4.39 Å². The van der Waals surface area contributed by atoms with Crippen molar-refractivity contribution in [3.63, 3.8) is 0 Å². The first-order valence-electron chi connectivity index (χ1n) is 6.99. The first-order chi connectivity index (χ1) is 9.43. The SMILES string of the molecule is CNC(C)c1ccc(F)c(-c2cc(C)c(C)cc2C)c1. The van der Waals surface area contributed by atoms with Crippen LogP contribution >= 0.6 is 0 Å². The van der Waals surface area contributed by atoms with Gasteiger partial charge >= 0.3 is 0 Å². The number of nitrogens with one attached hydrogen (secondary N) is 1. The summed E-state index contributed by atoms with van der Waals surface area (Å²) in [6.45, 7) is 8.26. The summed E-state index contributed by atoms with van der Waals surface area (Å²) >= 11 is 0. The van der Waals surface area contributed by atoms with Gasteiger partial charge in [0.2, 0.25) is 0 Å². The van der Waals surface area contributed by atoms with Crippen LogP contribution < -0.4 is 5.32 Å². The van der Waals surface area contributed by atoms with E-state index in [0.717, 1.165) is 16.7 Å². The van der Waals surface area contributed by atoms with Gasteiger partial charge in [-0.15, -0.1) is 0 Å². The fourth-order valence-corrected chi connectivity index (χ4v) is 2.44. The van der Waals surface area contributed by atoms with Crippen LogP contribution in [0.4, 0.5) is 4.39 Å². The molecule has 0 aliphatic carbocycles. The van der Waals surface area contributed by atoms with Gasteiger partial charge in [0.15, 0.2) is 0 Å². The molecule has 0 spiro atoms. The van der Waals surface area contributed by atoms with E-state index in [-0.39, 0.29) is 11.9 Å². The number of hydrogen-bond acceptors (Lipinski definition) is 1. The average Bonchev–Trinajstić information content (AvgIpc) is 2.43. The average molecular weight is 271 g/mol. The first-order valence-corrected chi connectivity index (χ1v) is 6.99. The van der Waals surface area contributed by atoms with Gasteiger partial charge in [-0.05, 0) is 74.7 Å². The van der Waals surface area contributed by atoms with Crippen molar-refractivity contribution < 1.29 is 4.39 Å². The molecule has 0 fully saturated rings. The van der Waals surface area contributed by atoms with E-state index >= 15 is 0 Å². The fraction of sp³-hybridized carbons (Fsp3) is 0.333. The Morgan fingerprint density at radius 1 is 0.900 bits per heavy atom. The highest BCUT2D eigenvalue weighted by atomic mass is 19.1. The van der Waals surface area contributed by atoms with E-state index in [1.165, 1.54) is 11.1 Å². The van der Waals surface area contributed by atoms with Gasteiger partial charge < -0.3 is 5.32 Å².